The van der Waals surface area contributed by atoms with E-state index in [1.807, 2.05) is 13.8 Å². The van der Waals surface area contributed by atoms with Crippen molar-refractivity contribution >= 4 is 0 Å². The number of alkyl halides is 3. The molecule has 18 heavy (non-hydrogen) atoms. The lowest BCUT2D eigenvalue weighted by atomic mass is 10.0. The zero-order valence-corrected chi connectivity index (χ0v) is 11.0. The zero-order valence-electron chi connectivity index (χ0n) is 11.0. The van der Waals surface area contributed by atoms with Crippen LogP contribution in [0.25, 0.3) is 0 Å². The normalized spacial score (nSPS) is 23.8. The van der Waals surface area contributed by atoms with Gasteiger partial charge in [0, 0.05) is 19.1 Å². The van der Waals surface area contributed by atoms with Crippen molar-refractivity contribution in [2.45, 2.75) is 45.0 Å². The summed E-state index contributed by atoms with van der Waals surface area (Å²) in [5, 5.41) is 12.8. The van der Waals surface area contributed by atoms with Gasteiger partial charge in [0.2, 0.25) is 0 Å². The highest BCUT2D eigenvalue weighted by Gasteiger charge is 2.34. The summed E-state index contributed by atoms with van der Waals surface area (Å²) in [7, 11) is 0. The predicted octanol–water partition coefficient (Wildman–Crippen LogP) is 1.62. The molecule has 0 amide bonds. The van der Waals surface area contributed by atoms with Crippen molar-refractivity contribution in [1.82, 2.24) is 10.2 Å². The van der Waals surface area contributed by atoms with E-state index < -0.39 is 12.7 Å². The van der Waals surface area contributed by atoms with E-state index >= 15 is 0 Å². The number of halogens is 3. The van der Waals surface area contributed by atoms with E-state index in [9.17, 15) is 18.3 Å². The van der Waals surface area contributed by atoms with Gasteiger partial charge in [0.1, 0.15) is 0 Å². The quantitative estimate of drug-likeness (QED) is 0.768. The highest BCUT2D eigenvalue weighted by molar-refractivity contribution is 4.82. The van der Waals surface area contributed by atoms with Crippen LogP contribution in [0.1, 0.15) is 26.7 Å². The minimum absolute atomic E-state index is 0.117. The van der Waals surface area contributed by atoms with E-state index in [2.05, 4.69) is 5.32 Å². The van der Waals surface area contributed by atoms with Gasteiger partial charge in [0.25, 0.3) is 0 Å². The summed E-state index contributed by atoms with van der Waals surface area (Å²) in [6.45, 7) is 4.67. The third kappa shape index (κ3) is 6.02. The first kappa shape index (κ1) is 15.7. The van der Waals surface area contributed by atoms with E-state index in [4.69, 9.17) is 0 Å². The van der Waals surface area contributed by atoms with Gasteiger partial charge in [-0.3, -0.25) is 4.90 Å². The predicted molar refractivity (Wildman–Crippen MR) is 64.4 cm³/mol. The summed E-state index contributed by atoms with van der Waals surface area (Å²) < 4.78 is 36.6. The molecule has 0 aromatic rings. The Kier molecular flexibility index (Phi) is 5.88. The Morgan fingerprint density at radius 2 is 2.06 bits per heavy atom. The summed E-state index contributed by atoms with van der Waals surface area (Å²) in [4.78, 5) is 1.43. The molecule has 0 radical (unpaired) electrons. The molecular weight excluding hydrogens is 245 g/mol. The fourth-order valence-electron chi connectivity index (χ4n) is 2.17. The number of aliphatic hydroxyl groups is 1. The largest absolute Gasteiger partial charge is 0.401 e. The number of aliphatic hydroxyl groups excluding tert-OH is 1. The maximum atomic E-state index is 12.2. The van der Waals surface area contributed by atoms with Gasteiger partial charge in [0.05, 0.1) is 12.6 Å². The fourth-order valence-corrected chi connectivity index (χ4v) is 2.17. The summed E-state index contributed by atoms with van der Waals surface area (Å²) in [6.07, 6.45) is -3.06. The van der Waals surface area contributed by atoms with Crippen molar-refractivity contribution in [3.05, 3.63) is 0 Å². The molecule has 0 aromatic carbocycles. The molecule has 6 heteroatoms. The van der Waals surface area contributed by atoms with Gasteiger partial charge in [-0.1, -0.05) is 13.8 Å². The van der Waals surface area contributed by atoms with Crippen LogP contribution in [0.3, 0.4) is 0 Å². The number of nitrogens with zero attached hydrogens (tertiary/aromatic N) is 1. The van der Waals surface area contributed by atoms with Crippen LogP contribution in [0.2, 0.25) is 0 Å². The molecule has 2 atom stereocenters. The molecule has 0 bridgehead atoms. The lowest BCUT2D eigenvalue weighted by molar-refractivity contribution is -0.143. The number of hydrogen-bond acceptors (Lipinski definition) is 3. The SMILES string of the molecule is CC(C)[C@@H](O)CCN[C@@H]1CCN(CC(F)(F)F)C1. The third-order valence-corrected chi connectivity index (χ3v) is 3.32. The van der Waals surface area contributed by atoms with Crippen LogP contribution < -0.4 is 5.32 Å². The molecule has 0 aliphatic carbocycles. The van der Waals surface area contributed by atoms with Gasteiger partial charge in [0.15, 0.2) is 0 Å². The monoisotopic (exact) mass is 268 g/mol. The van der Waals surface area contributed by atoms with Gasteiger partial charge in [-0.15, -0.1) is 0 Å². The molecule has 3 nitrogen and oxygen atoms in total. The van der Waals surface area contributed by atoms with Gasteiger partial charge >= 0.3 is 6.18 Å². The molecule has 0 saturated carbocycles. The molecule has 2 N–H and O–H groups in total. The highest BCUT2D eigenvalue weighted by Crippen LogP contribution is 2.19. The molecule has 1 heterocycles. The van der Waals surface area contributed by atoms with Crippen LogP contribution in [0, 0.1) is 5.92 Å². The first-order valence-electron chi connectivity index (χ1n) is 6.48. The second kappa shape index (κ2) is 6.73. The van der Waals surface area contributed by atoms with Crippen molar-refractivity contribution < 1.29 is 18.3 Å². The van der Waals surface area contributed by atoms with E-state index in [1.54, 1.807) is 0 Å². The Bertz CT molecular complexity index is 246. The number of nitrogens with one attached hydrogen (secondary N) is 1. The molecule has 1 saturated heterocycles. The smallest absolute Gasteiger partial charge is 0.393 e. The molecule has 1 rings (SSSR count). The van der Waals surface area contributed by atoms with Crippen molar-refractivity contribution in [3.8, 4) is 0 Å². The van der Waals surface area contributed by atoms with E-state index in [0.717, 1.165) is 6.42 Å². The Morgan fingerprint density at radius 3 is 2.61 bits per heavy atom. The highest BCUT2D eigenvalue weighted by atomic mass is 19.4. The van der Waals surface area contributed by atoms with Crippen molar-refractivity contribution in [1.29, 1.82) is 0 Å². The maximum absolute atomic E-state index is 12.2. The molecule has 0 spiro atoms. The van der Waals surface area contributed by atoms with Crippen molar-refractivity contribution in [2.75, 3.05) is 26.2 Å². The van der Waals surface area contributed by atoms with Crippen LogP contribution in [0.5, 0.6) is 0 Å². The zero-order chi connectivity index (χ0) is 13.8. The minimum Gasteiger partial charge on any atom is -0.393 e. The lowest BCUT2D eigenvalue weighted by Crippen LogP contribution is -2.37. The van der Waals surface area contributed by atoms with Crippen LogP contribution in [-0.4, -0.2) is 54.5 Å². The topological polar surface area (TPSA) is 35.5 Å². The van der Waals surface area contributed by atoms with Crippen LogP contribution in [-0.2, 0) is 0 Å². The maximum Gasteiger partial charge on any atom is 0.401 e. The van der Waals surface area contributed by atoms with Crippen LogP contribution in [0.15, 0.2) is 0 Å². The Labute approximate surface area is 106 Å². The van der Waals surface area contributed by atoms with Crippen LogP contribution in [0.4, 0.5) is 13.2 Å². The standard InChI is InChI=1S/C12H23F3N2O/c1-9(2)11(18)3-5-16-10-4-6-17(7-10)8-12(13,14)15/h9-11,16,18H,3-8H2,1-2H3/t10-,11+/m1/s1. The Morgan fingerprint density at radius 1 is 1.39 bits per heavy atom. The summed E-state index contributed by atoms with van der Waals surface area (Å²) >= 11 is 0. The van der Waals surface area contributed by atoms with Gasteiger partial charge in [-0.2, -0.15) is 13.2 Å². The Balaban J connectivity index is 2.15. The van der Waals surface area contributed by atoms with Gasteiger partial charge in [-0.25, -0.2) is 0 Å². The van der Waals surface area contributed by atoms with E-state index in [-0.39, 0.29) is 18.1 Å². The molecule has 1 fully saturated rings. The number of likely N-dealkylation sites (tertiary alicyclic amines) is 1. The number of hydrogen-bond donors (Lipinski definition) is 2. The van der Waals surface area contributed by atoms with E-state index in [1.165, 1.54) is 4.90 Å². The van der Waals surface area contributed by atoms with Gasteiger partial charge in [-0.05, 0) is 25.3 Å². The average Bonchev–Trinajstić information content (AvgIpc) is 2.62. The minimum atomic E-state index is -4.11. The molecule has 1 aliphatic rings. The summed E-state index contributed by atoms with van der Waals surface area (Å²) in [6, 6.07) is 0.117. The van der Waals surface area contributed by atoms with Crippen LogP contribution >= 0.6 is 0 Å². The second-order valence-corrected chi connectivity index (χ2v) is 5.39. The number of rotatable bonds is 6. The third-order valence-electron chi connectivity index (χ3n) is 3.32. The first-order chi connectivity index (χ1) is 8.28. The Hall–Kier alpha value is -0.330. The van der Waals surface area contributed by atoms with Crippen molar-refractivity contribution in [2.24, 2.45) is 5.92 Å². The molecule has 1 aliphatic heterocycles. The van der Waals surface area contributed by atoms with Crippen molar-refractivity contribution in [3.63, 3.8) is 0 Å². The average molecular weight is 268 g/mol. The van der Waals surface area contributed by atoms with Gasteiger partial charge < -0.3 is 10.4 Å². The fraction of sp³-hybridized carbons (Fsp3) is 1.00. The molecule has 0 aromatic heterocycles. The lowest BCUT2D eigenvalue weighted by Gasteiger charge is -2.19. The molecular formula is C12H23F3N2O. The molecule has 108 valence electrons. The summed E-state index contributed by atoms with van der Waals surface area (Å²) in [5.41, 5.74) is 0. The second-order valence-electron chi connectivity index (χ2n) is 5.39. The first-order valence-corrected chi connectivity index (χ1v) is 6.48. The molecule has 0 unspecified atom stereocenters. The van der Waals surface area contributed by atoms with E-state index in [0.29, 0.717) is 26.1 Å². The summed E-state index contributed by atoms with van der Waals surface area (Å²) in [5.74, 6) is 0.220.